The molecule has 1 unspecified atom stereocenters. The fourth-order valence-electron chi connectivity index (χ4n) is 0.987. The Morgan fingerprint density at radius 2 is 2.08 bits per heavy atom. The van der Waals surface area contributed by atoms with Crippen molar-refractivity contribution >= 4 is 0 Å². The Kier molecular flexibility index (Phi) is 5.56. The van der Waals surface area contributed by atoms with Gasteiger partial charge in [0.15, 0.2) is 0 Å². The van der Waals surface area contributed by atoms with Gasteiger partial charge in [-0.05, 0) is 13.0 Å². The molecule has 0 aromatic rings. The normalized spacial score (nSPS) is 13.8. The molecule has 0 saturated carbocycles. The van der Waals surface area contributed by atoms with Crippen molar-refractivity contribution in [2.75, 3.05) is 6.54 Å². The van der Waals surface area contributed by atoms with Crippen molar-refractivity contribution in [3.63, 3.8) is 0 Å². The van der Waals surface area contributed by atoms with Crippen LogP contribution >= 0.6 is 0 Å². The first-order valence-corrected chi connectivity index (χ1v) is 4.23. The molecule has 0 aromatic carbocycles. The van der Waals surface area contributed by atoms with Crippen molar-refractivity contribution in [2.24, 2.45) is 0 Å². The molecule has 0 fully saturated rings. The second-order valence-electron chi connectivity index (χ2n) is 2.88. The average molecular weight is 193 g/mol. The summed E-state index contributed by atoms with van der Waals surface area (Å²) in [5, 5.41) is 2.76. The standard InChI is InChI=1S/C9H14F3N/c1-3-5-8(13-6-4-2)7-9(10,11)12/h1,8,13H,4-7H2,2H3. The Labute approximate surface area is 76.7 Å². The summed E-state index contributed by atoms with van der Waals surface area (Å²) < 4.78 is 35.8. The second kappa shape index (κ2) is 5.87. The smallest absolute Gasteiger partial charge is 0.313 e. The van der Waals surface area contributed by atoms with E-state index < -0.39 is 18.6 Å². The summed E-state index contributed by atoms with van der Waals surface area (Å²) in [5.41, 5.74) is 0. The first-order valence-electron chi connectivity index (χ1n) is 4.23. The first kappa shape index (κ1) is 12.3. The van der Waals surface area contributed by atoms with Gasteiger partial charge in [0.2, 0.25) is 0 Å². The van der Waals surface area contributed by atoms with E-state index in [2.05, 4.69) is 11.2 Å². The van der Waals surface area contributed by atoms with Crippen LogP contribution in [0.1, 0.15) is 26.2 Å². The molecule has 0 amide bonds. The SMILES string of the molecule is C#CCC(CC(F)(F)F)NCCC. The second-order valence-corrected chi connectivity index (χ2v) is 2.88. The minimum Gasteiger partial charge on any atom is -0.313 e. The number of nitrogens with one attached hydrogen (secondary N) is 1. The molecule has 0 aliphatic rings. The van der Waals surface area contributed by atoms with E-state index in [1.807, 2.05) is 6.92 Å². The summed E-state index contributed by atoms with van der Waals surface area (Å²) in [7, 11) is 0. The van der Waals surface area contributed by atoms with Gasteiger partial charge < -0.3 is 5.32 Å². The van der Waals surface area contributed by atoms with Crippen LogP contribution in [0.5, 0.6) is 0 Å². The summed E-state index contributed by atoms with van der Waals surface area (Å²) in [6.07, 6.45) is 0.905. The lowest BCUT2D eigenvalue weighted by atomic mass is 10.1. The molecule has 0 spiro atoms. The largest absolute Gasteiger partial charge is 0.390 e. The maximum Gasteiger partial charge on any atom is 0.390 e. The van der Waals surface area contributed by atoms with Crippen LogP contribution in [0.15, 0.2) is 0 Å². The van der Waals surface area contributed by atoms with E-state index in [9.17, 15) is 13.2 Å². The molecule has 4 heteroatoms. The van der Waals surface area contributed by atoms with Crippen LogP contribution in [-0.2, 0) is 0 Å². The topological polar surface area (TPSA) is 12.0 Å². The Morgan fingerprint density at radius 3 is 2.46 bits per heavy atom. The minimum atomic E-state index is -4.14. The van der Waals surface area contributed by atoms with Crippen molar-refractivity contribution in [1.82, 2.24) is 5.32 Å². The van der Waals surface area contributed by atoms with Crippen molar-refractivity contribution in [3.8, 4) is 12.3 Å². The highest BCUT2D eigenvalue weighted by molar-refractivity contribution is 4.90. The molecular weight excluding hydrogens is 179 g/mol. The number of halogens is 3. The van der Waals surface area contributed by atoms with E-state index in [0.29, 0.717) is 6.54 Å². The Morgan fingerprint density at radius 1 is 1.46 bits per heavy atom. The van der Waals surface area contributed by atoms with Gasteiger partial charge in [0.25, 0.3) is 0 Å². The van der Waals surface area contributed by atoms with Gasteiger partial charge in [-0.25, -0.2) is 0 Å². The molecule has 1 atom stereocenters. The highest BCUT2D eigenvalue weighted by Gasteiger charge is 2.31. The molecule has 0 heterocycles. The van der Waals surface area contributed by atoms with E-state index in [4.69, 9.17) is 6.42 Å². The lowest BCUT2D eigenvalue weighted by Crippen LogP contribution is -2.33. The third-order valence-electron chi connectivity index (χ3n) is 1.53. The maximum atomic E-state index is 11.9. The predicted molar refractivity (Wildman–Crippen MR) is 46.2 cm³/mol. The number of hydrogen-bond acceptors (Lipinski definition) is 1. The van der Waals surface area contributed by atoms with Gasteiger partial charge in [0.05, 0.1) is 6.42 Å². The maximum absolute atomic E-state index is 11.9. The predicted octanol–water partition coefficient (Wildman–Crippen LogP) is 2.33. The van der Waals surface area contributed by atoms with Crippen LogP contribution in [-0.4, -0.2) is 18.8 Å². The third kappa shape index (κ3) is 7.66. The molecular formula is C9H14F3N. The fourth-order valence-corrected chi connectivity index (χ4v) is 0.987. The fraction of sp³-hybridized carbons (Fsp3) is 0.778. The van der Waals surface area contributed by atoms with Crippen molar-refractivity contribution in [1.29, 1.82) is 0 Å². The van der Waals surface area contributed by atoms with Crippen molar-refractivity contribution < 1.29 is 13.2 Å². The summed E-state index contributed by atoms with van der Waals surface area (Å²) in [5.74, 6) is 2.24. The van der Waals surface area contributed by atoms with Crippen LogP contribution in [0.25, 0.3) is 0 Å². The average Bonchev–Trinajstić information content (AvgIpc) is 1.98. The zero-order valence-electron chi connectivity index (χ0n) is 7.62. The van der Waals surface area contributed by atoms with Gasteiger partial charge in [-0.3, -0.25) is 0 Å². The highest BCUT2D eigenvalue weighted by atomic mass is 19.4. The molecule has 0 aliphatic carbocycles. The molecule has 0 aromatic heterocycles. The molecule has 0 rings (SSSR count). The molecule has 0 bridgehead atoms. The van der Waals surface area contributed by atoms with E-state index in [0.717, 1.165) is 6.42 Å². The summed E-state index contributed by atoms with van der Waals surface area (Å²) in [6.45, 7) is 2.47. The first-order chi connectivity index (χ1) is 5.99. The number of rotatable bonds is 5. The van der Waals surface area contributed by atoms with Gasteiger partial charge in [0, 0.05) is 12.5 Å². The third-order valence-corrected chi connectivity index (χ3v) is 1.53. The van der Waals surface area contributed by atoms with Gasteiger partial charge in [-0.1, -0.05) is 6.92 Å². The lowest BCUT2D eigenvalue weighted by molar-refractivity contribution is -0.139. The zero-order chi connectivity index (χ0) is 10.3. The molecule has 76 valence electrons. The summed E-state index contributed by atoms with van der Waals surface area (Å²) in [4.78, 5) is 0. The molecule has 1 N–H and O–H groups in total. The molecule has 0 aliphatic heterocycles. The van der Waals surface area contributed by atoms with Gasteiger partial charge in [0.1, 0.15) is 0 Å². The van der Waals surface area contributed by atoms with E-state index >= 15 is 0 Å². The molecule has 0 saturated heterocycles. The van der Waals surface area contributed by atoms with Crippen LogP contribution in [0, 0.1) is 12.3 Å². The monoisotopic (exact) mass is 193 g/mol. The van der Waals surface area contributed by atoms with Crippen LogP contribution in [0.4, 0.5) is 13.2 Å². The quantitative estimate of drug-likeness (QED) is 0.661. The molecule has 13 heavy (non-hydrogen) atoms. The van der Waals surface area contributed by atoms with Gasteiger partial charge in [-0.2, -0.15) is 13.2 Å². The molecule has 1 nitrogen and oxygen atoms in total. The van der Waals surface area contributed by atoms with Crippen LogP contribution in [0.2, 0.25) is 0 Å². The van der Waals surface area contributed by atoms with Crippen molar-refractivity contribution in [2.45, 2.75) is 38.4 Å². The van der Waals surface area contributed by atoms with E-state index in [1.54, 1.807) is 0 Å². The van der Waals surface area contributed by atoms with Gasteiger partial charge >= 0.3 is 6.18 Å². The minimum absolute atomic E-state index is 0.125. The number of hydrogen-bond donors (Lipinski definition) is 1. The summed E-state index contributed by atoms with van der Waals surface area (Å²) >= 11 is 0. The van der Waals surface area contributed by atoms with Crippen molar-refractivity contribution in [3.05, 3.63) is 0 Å². The summed E-state index contributed by atoms with van der Waals surface area (Å²) in [6, 6.07) is -0.634. The van der Waals surface area contributed by atoms with E-state index in [-0.39, 0.29) is 6.42 Å². The van der Waals surface area contributed by atoms with E-state index in [1.165, 1.54) is 0 Å². The lowest BCUT2D eigenvalue weighted by Gasteiger charge is -2.17. The van der Waals surface area contributed by atoms with Crippen LogP contribution < -0.4 is 5.32 Å². The molecule has 0 radical (unpaired) electrons. The Hall–Kier alpha value is -0.690. The van der Waals surface area contributed by atoms with Crippen LogP contribution in [0.3, 0.4) is 0 Å². The van der Waals surface area contributed by atoms with Gasteiger partial charge in [-0.15, -0.1) is 12.3 Å². The Bertz CT molecular complexity index is 169. The number of terminal acetylenes is 1. The highest BCUT2D eigenvalue weighted by Crippen LogP contribution is 2.22. The number of alkyl halides is 3. The Balaban J connectivity index is 3.88. The zero-order valence-corrected chi connectivity index (χ0v) is 7.62.